The number of fused-ring (bicyclic) bond motifs is 1. The van der Waals surface area contributed by atoms with E-state index in [2.05, 4.69) is 10.6 Å². The SMILES string of the molecule is CNC(=O)C1=CN2CNC=C2C=C1. The molecule has 2 N–H and O–H groups in total. The first kappa shape index (κ1) is 7.91. The number of carbonyl (C=O) groups excluding carboxylic acids is 1. The largest absolute Gasteiger partial charge is 0.372 e. The number of nitrogens with one attached hydrogen (secondary N) is 2. The van der Waals surface area contributed by atoms with Crippen molar-refractivity contribution in [1.29, 1.82) is 0 Å². The third kappa shape index (κ3) is 1.30. The Morgan fingerprint density at radius 2 is 2.46 bits per heavy atom. The first-order valence-electron chi connectivity index (χ1n) is 4.13. The zero-order valence-electron chi connectivity index (χ0n) is 7.37. The summed E-state index contributed by atoms with van der Waals surface area (Å²) in [5.74, 6) is -0.0535. The van der Waals surface area contributed by atoms with Gasteiger partial charge in [-0.05, 0) is 12.2 Å². The molecule has 1 amide bonds. The van der Waals surface area contributed by atoms with Crippen LogP contribution in [0, 0.1) is 0 Å². The van der Waals surface area contributed by atoms with E-state index >= 15 is 0 Å². The predicted octanol–water partition coefficient (Wildman–Crippen LogP) is -0.110. The topological polar surface area (TPSA) is 44.4 Å². The van der Waals surface area contributed by atoms with Gasteiger partial charge in [-0.25, -0.2) is 0 Å². The Morgan fingerprint density at radius 1 is 1.62 bits per heavy atom. The Bertz CT molecular complexity index is 328. The van der Waals surface area contributed by atoms with E-state index in [9.17, 15) is 4.79 Å². The normalized spacial score (nSPS) is 18.7. The van der Waals surface area contributed by atoms with Crippen molar-refractivity contribution in [2.45, 2.75) is 0 Å². The lowest BCUT2D eigenvalue weighted by Crippen LogP contribution is -2.25. The van der Waals surface area contributed by atoms with E-state index in [-0.39, 0.29) is 5.91 Å². The Balaban J connectivity index is 2.22. The minimum Gasteiger partial charge on any atom is -0.372 e. The van der Waals surface area contributed by atoms with Gasteiger partial charge < -0.3 is 15.5 Å². The molecule has 0 bridgehead atoms. The van der Waals surface area contributed by atoms with Crippen molar-refractivity contribution in [2.24, 2.45) is 0 Å². The van der Waals surface area contributed by atoms with Crippen LogP contribution in [0.2, 0.25) is 0 Å². The maximum atomic E-state index is 11.3. The summed E-state index contributed by atoms with van der Waals surface area (Å²) in [6.07, 6.45) is 7.50. The molecule has 0 aromatic rings. The molecule has 13 heavy (non-hydrogen) atoms. The number of nitrogens with zero attached hydrogens (tertiary/aromatic N) is 1. The predicted molar refractivity (Wildman–Crippen MR) is 49.2 cm³/mol. The smallest absolute Gasteiger partial charge is 0.252 e. The molecule has 68 valence electrons. The molecule has 0 aromatic heterocycles. The third-order valence-electron chi connectivity index (χ3n) is 2.06. The van der Waals surface area contributed by atoms with Gasteiger partial charge in [0.2, 0.25) is 0 Å². The van der Waals surface area contributed by atoms with Crippen LogP contribution < -0.4 is 10.6 Å². The van der Waals surface area contributed by atoms with Crippen LogP contribution in [0.4, 0.5) is 0 Å². The van der Waals surface area contributed by atoms with Gasteiger partial charge in [0.15, 0.2) is 0 Å². The van der Waals surface area contributed by atoms with Crippen molar-refractivity contribution in [3.8, 4) is 0 Å². The second kappa shape index (κ2) is 2.97. The zero-order valence-corrected chi connectivity index (χ0v) is 7.37. The van der Waals surface area contributed by atoms with Gasteiger partial charge in [0, 0.05) is 19.4 Å². The van der Waals surface area contributed by atoms with Crippen LogP contribution in [-0.2, 0) is 4.79 Å². The molecule has 0 atom stereocenters. The van der Waals surface area contributed by atoms with E-state index in [1.807, 2.05) is 29.5 Å². The number of likely N-dealkylation sites (N-methyl/N-ethyl adjacent to an activating group) is 1. The molecule has 0 saturated heterocycles. The molecule has 0 radical (unpaired) electrons. The van der Waals surface area contributed by atoms with Crippen LogP contribution in [0.25, 0.3) is 0 Å². The highest BCUT2D eigenvalue weighted by Gasteiger charge is 2.16. The molecular weight excluding hydrogens is 166 g/mol. The summed E-state index contributed by atoms with van der Waals surface area (Å²) in [6, 6.07) is 0. The Morgan fingerprint density at radius 3 is 3.23 bits per heavy atom. The maximum absolute atomic E-state index is 11.3. The monoisotopic (exact) mass is 177 g/mol. The van der Waals surface area contributed by atoms with Crippen LogP contribution in [0.15, 0.2) is 35.8 Å². The number of carbonyl (C=O) groups is 1. The van der Waals surface area contributed by atoms with Gasteiger partial charge in [0.25, 0.3) is 5.91 Å². The number of hydrogen-bond acceptors (Lipinski definition) is 3. The van der Waals surface area contributed by atoms with Gasteiger partial charge >= 0.3 is 0 Å². The number of rotatable bonds is 1. The van der Waals surface area contributed by atoms with Crippen LogP contribution >= 0.6 is 0 Å². The van der Waals surface area contributed by atoms with Crippen molar-refractivity contribution in [1.82, 2.24) is 15.5 Å². The third-order valence-corrected chi connectivity index (χ3v) is 2.06. The highest BCUT2D eigenvalue weighted by molar-refractivity contribution is 5.96. The first-order valence-corrected chi connectivity index (χ1v) is 4.13. The Kier molecular flexibility index (Phi) is 1.81. The second-order valence-corrected chi connectivity index (χ2v) is 2.90. The van der Waals surface area contributed by atoms with Gasteiger partial charge in [-0.15, -0.1) is 0 Å². The Labute approximate surface area is 76.6 Å². The fourth-order valence-corrected chi connectivity index (χ4v) is 1.35. The molecule has 0 aliphatic carbocycles. The van der Waals surface area contributed by atoms with Gasteiger partial charge in [0.05, 0.1) is 17.9 Å². The van der Waals surface area contributed by atoms with Crippen molar-refractivity contribution < 1.29 is 4.79 Å². The fraction of sp³-hybridized carbons (Fsp3) is 0.222. The molecule has 4 nitrogen and oxygen atoms in total. The molecule has 2 aliphatic heterocycles. The van der Waals surface area contributed by atoms with Crippen LogP contribution in [-0.4, -0.2) is 24.5 Å². The lowest BCUT2D eigenvalue weighted by molar-refractivity contribution is -0.116. The van der Waals surface area contributed by atoms with Crippen molar-refractivity contribution >= 4 is 5.91 Å². The van der Waals surface area contributed by atoms with Gasteiger partial charge in [-0.2, -0.15) is 0 Å². The number of allylic oxidation sites excluding steroid dienone is 1. The lowest BCUT2D eigenvalue weighted by Gasteiger charge is -2.18. The summed E-state index contributed by atoms with van der Waals surface area (Å²) in [4.78, 5) is 13.2. The van der Waals surface area contributed by atoms with Gasteiger partial charge in [0.1, 0.15) is 0 Å². The Hall–Kier alpha value is -1.71. The minimum absolute atomic E-state index is 0.0535. The fourth-order valence-electron chi connectivity index (χ4n) is 1.35. The second-order valence-electron chi connectivity index (χ2n) is 2.90. The first-order chi connectivity index (χ1) is 6.31. The summed E-state index contributed by atoms with van der Waals surface area (Å²) < 4.78 is 0. The quantitative estimate of drug-likeness (QED) is 0.587. The number of amides is 1. The van der Waals surface area contributed by atoms with Crippen molar-refractivity contribution in [3.05, 3.63) is 35.8 Å². The molecule has 2 heterocycles. The van der Waals surface area contributed by atoms with Crippen molar-refractivity contribution in [2.75, 3.05) is 13.7 Å². The maximum Gasteiger partial charge on any atom is 0.252 e. The van der Waals surface area contributed by atoms with Crippen LogP contribution in [0.1, 0.15) is 0 Å². The summed E-state index contributed by atoms with van der Waals surface area (Å²) in [7, 11) is 1.63. The van der Waals surface area contributed by atoms with Gasteiger partial charge in [-0.1, -0.05) is 0 Å². The van der Waals surface area contributed by atoms with E-state index in [1.165, 1.54) is 0 Å². The molecule has 0 unspecified atom stereocenters. The summed E-state index contributed by atoms with van der Waals surface area (Å²) in [5, 5.41) is 5.67. The van der Waals surface area contributed by atoms with E-state index in [4.69, 9.17) is 0 Å². The van der Waals surface area contributed by atoms with Gasteiger partial charge in [-0.3, -0.25) is 4.79 Å². The van der Waals surface area contributed by atoms with Crippen LogP contribution in [0.3, 0.4) is 0 Å². The molecule has 0 fully saturated rings. The summed E-state index contributed by atoms with van der Waals surface area (Å²) >= 11 is 0. The minimum atomic E-state index is -0.0535. The number of hydrogen-bond donors (Lipinski definition) is 2. The average Bonchev–Trinajstić information content (AvgIpc) is 2.63. The molecule has 0 spiro atoms. The van der Waals surface area contributed by atoms with Crippen LogP contribution in [0.5, 0.6) is 0 Å². The van der Waals surface area contributed by atoms with E-state index in [1.54, 1.807) is 7.05 Å². The highest BCUT2D eigenvalue weighted by Crippen LogP contribution is 2.18. The molecule has 2 rings (SSSR count). The molecule has 0 aromatic carbocycles. The van der Waals surface area contributed by atoms with Crippen molar-refractivity contribution in [3.63, 3.8) is 0 Å². The molecular formula is C9H11N3O. The lowest BCUT2D eigenvalue weighted by atomic mass is 10.2. The zero-order chi connectivity index (χ0) is 9.26. The van der Waals surface area contributed by atoms with E-state index in [0.29, 0.717) is 5.57 Å². The standard InChI is InChI=1S/C9H11N3O/c1-10-9(13)7-2-3-8-4-11-6-12(8)5-7/h2-5,11H,6H2,1H3,(H,10,13). The van der Waals surface area contributed by atoms with E-state index in [0.717, 1.165) is 12.4 Å². The summed E-state index contributed by atoms with van der Waals surface area (Å²) in [5.41, 5.74) is 1.77. The average molecular weight is 177 g/mol. The molecule has 2 aliphatic rings. The highest BCUT2D eigenvalue weighted by atomic mass is 16.1. The molecule has 4 heteroatoms. The molecule has 0 saturated carbocycles. The van der Waals surface area contributed by atoms with E-state index < -0.39 is 0 Å². The summed E-state index contributed by atoms with van der Waals surface area (Å²) in [6.45, 7) is 0.736.